The predicted molar refractivity (Wildman–Crippen MR) is 74.1 cm³/mol. The van der Waals surface area contributed by atoms with E-state index in [-0.39, 0.29) is 0 Å². The first kappa shape index (κ1) is 18.0. The Balaban J connectivity index is 2.35. The highest BCUT2D eigenvalue weighted by molar-refractivity contribution is 5.61. The Bertz CT molecular complexity index is 636. The smallest absolute Gasteiger partial charge is 0.387 e. The molecule has 1 aliphatic heterocycles. The van der Waals surface area contributed by atoms with Crippen LogP contribution in [0.25, 0.3) is 0 Å². The summed E-state index contributed by atoms with van der Waals surface area (Å²) < 4.78 is 10.1. The Hall–Kier alpha value is -2.38. The van der Waals surface area contributed by atoms with Gasteiger partial charge >= 0.3 is 11.4 Å². The zero-order chi connectivity index (χ0) is 18.0. The fourth-order valence-corrected chi connectivity index (χ4v) is 2.23. The molecule has 0 aromatic heterocycles. The van der Waals surface area contributed by atoms with E-state index in [9.17, 15) is 35.5 Å². The van der Waals surface area contributed by atoms with E-state index in [0.717, 1.165) is 18.2 Å². The molecule has 1 aromatic rings. The van der Waals surface area contributed by atoms with Crippen molar-refractivity contribution in [3.05, 3.63) is 38.4 Å². The van der Waals surface area contributed by atoms with Crippen LogP contribution in [-0.4, -0.2) is 67.6 Å². The van der Waals surface area contributed by atoms with E-state index in [1.807, 2.05) is 0 Å². The number of nitrogens with zero attached hydrogens (tertiary/aromatic N) is 2. The number of hydrogen-bond donors (Lipinski definition) is 4. The largest absolute Gasteiger partial charge is 0.454 e. The Labute approximate surface area is 133 Å². The van der Waals surface area contributed by atoms with Crippen molar-refractivity contribution < 1.29 is 39.7 Å². The molecule has 1 aliphatic rings. The van der Waals surface area contributed by atoms with Crippen LogP contribution in [0.1, 0.15) is 0 Å². The first-order chi connectivity index (χ1) is 11.3. The van der Waals surface area contributed by atoms with Gasteiger partial charge in [-0.25, -0.2) is 0 Å². The minimum absolute atomic E-state index is 0.571. The average molecular weight is 346 g/mol. The molecular formula is C12H14N2O10. The van der Waals surface area contributed by atoms with Crippen LogP contribution < -0.4 is 4.74 Å². The van der Waals surface area contributed by atoms with E-state index in [1.165, 1.54) is 0 Å². The van der Waals surface area contributed by atoms with Crippen molar-refractivity contribution in [3.63, 3.8) is 0 Å². The van der Waals surface area contributed by atoms with Gasteiger partial charge in [0.15, 0.2) is 0 Å². The molecule has 24 heavy (non-hydrogen) atoms. The first-order valence-corrected chi connectivity index (χ1v) is 6.67. The number of rotatable bonds is 5. The highest BCUT2D eigenvalue weighted by atomic mass is 16.7. The molecule has 0 amide bonds. The summed E-state index contributed by atoms with van der Waals surface area (Å²) in [7, 11) is 0. The van der Waals surface area contributed by atoms with Crippen molar-refractivity contribution in [2.75, 3.05) is 6.61 Å². The summed E-state index contributed by atoms with van der Waals surface area (Å²) >= 11 is 0. The minimum atomic E-state index is -1.80. The molecule has 0 spiro atoms. The normalized spacial score (nSPS) is 29.9. The van der Waals surface area contributed by atoms with Crippen molar-refractivity contribution in [1.82, 2.24) is 0 Å². The monoisotopic (exact) mass is 346 g/mol. The van der Waals surface area contributed by atoms with Crippen LogP contribution in [0.15, 0.2) is 18.2 Å². The summed E-state index contributed by atoms with van der Waals surface area (Å²) in [6, 6.07) is 3.08. The van der Waals surface area contributed by atoms with Gasteiger partial charge in [-0.05, 0) is 6.07 Å². The van der Waals surface area contributed by atoms with Gasteiger partial charge in [0.05, 0.1) is 16.5 Å². The number of nitro groups is 2. The summed E-state index contributed by atoms with van der Waals surface area (Å²) in [5, 5.41) is 60.2. The van der Waals surface area contributed by atoms with E-state index in [4.69, 9.17) is 14.6 Å². The van der Waals surface area contributed by atoms with E-state index in [2.05, 4.69) is 0 Å². The van der Waals surface area contributed by atoms with Crippen LogP contribution >= 0.6 is 0 Å². The summed E-state index contributed by atoms with van der Waals surface area (Å²) in [6.45, 7) is -0.720. The Kier molecular flexibility index (Phi) is 5.26. The van der Waals surface area contributed by atoms with E-state index < -0.39 is 64.3 Å². The summed E-state index contributed by atoms with van der Waals surface area (Å²) in [5.41, 5.74) is -1.79. The van der Waals surface area contributed by atoms with E-state index >= 15 is 0 Å². The van der Waals surface area contributed by atoms with Crippen molar-refractivity contribution in [2.45, 2.75) is 30.7 Å². The van der Waals surface area contributed by atoms with Gasteiger partial charge in [-0.3, -0.25) is 20.2 Å². The van der Waals surface area contributed by atoms with Crippen LogP contribution in [0.4, 0.5) is 11.4 Å². The van der Waals surface area contributed by atoms with Crippen LogP contribution in [0.3, 0.4) is 0 Å². The molecule has 0 saturated carbocycles. The first-order valence-electron chi connectivity index (χ1n) is 6.67. The number of benzene rings is 1. The summed E-state index contributed by atoms with van der Waals surface area (Å²) in [6.07, 6.45) is -8.17. The number of aliphatic hydroxyl groups excluding tert-OH is 4. The lowest BCUT2D eigenvalue weighted by atomic mass is 9.99. The molecule has 12 nitrogen and oxygen atoms in total. The molecule has 132 valence electrons. The Morgan fingerprint density at radius 3 is 2.29 bits per heavy atom. The highest BCUT2D eigenvalue weighted by Crippen LogP contribution is 2.37. The Morgan fingerprint density at radius 1 is 1.08 bits per heavy atom. The molecule has 2 rings (SSSR count). The van der Waals surface area contributed by atoms with Crippen LogP contribution in [0, 0.1) is 20.2 Å². The average Bonchev–Trinajstić information content (AvgIpc) is 2.54. The van der Waals surface area contributed by atoms with Gasteiger partial charge in [-0.2, -0.15) is 0 Å². The second kappa shape index (κ2) is 7.02. The van der Waals surface area contributed by atoms with E-state index in [0.29, 0.717) is 0 Å². The molecule has 0 radical (unpaired) electrons. The topological polar surface area (TPSA) is 186 Å². The van der Waals surface area contributed by atoms with E-state index in [1.54, 1.807) is 0 Å². The highest BCUT2D eigenvalue weighted by Gasteiger charge is 2.45. The number of aliphatic hydroxyl groups is 4. The summed E-state index contributed by atoms with van der Waals surface area (Å²) in [5.74, 6) is -0.571. The van der Waals surface area contributed by atoms with Crippen LogP contribution in [-0.2, 0) is 4.74 Å². The van der Waals surface area contributed by atoms with Gasteiger partial charge < -0.3 is 29.9 Å². The van der Waals surface area contributed by atoms with Gasteiger partial charge in [0.1, 0.15) is 24.4 Å². The molecule has 1 fully saturated rings. The predicted octanol–water partition coefficient (Wildman–Crippen LogP) is -1.32. The van der Waals surface area contributed by atoms with Crippen LogP contribution in [0.2, 0.25) is 0 Å². The molecule has 4 N–H and O–H groups in total. The lowest BCUT2D eigenvalue weighted by Crippen LogP contribution is -2.60. The van der Waals surface area contributed by atoms with Crippen molar-refractivity contribution in [3.8, 4) is 5.75 Å². The van der Waals surface area contributed by atoms with Gasteiger partial charge in [0.2, 0.25) is 12.0 Å². The molecule has 0 bridgehead atoms. The third kappa shape index (κ3) is 3.27. The third-order valence-corrected chi connectivity index (χ3v) is 3.45. The summed E-state index contributed by atoms with van der Waals surface area (Å²) in [4.78, 5) is 20.0. The fourth-order valence-electron chi connectivity index (χ4n) is 2.23. The maximum atomic E-state index is 11.1. The quantitative estimate of drug-likeness (QED) is 0.368. The third-order valence-electron chi connectivity index (χ3n) is 3.45. The second-order valence-electron chi connectivity index (χ2n) is 4.95. The van der Waals surface area contributed by atoms with Crippen molar-refractivity contribution in [1.29, 1.82) is 0 Å². The Morgan fingerprint density at radius 2 is 1.75 bits per heavy atom. The maximum absolute atomic E-state index is 11.1. The SMILES string of the molecule is O=[N+]([O-])c1cccc(O[C@@H]2O[C@H](CO)[C@@H](O)[C@H](O)[C@@H]2O)c1[N+](=O)[O-]. The zero-order valence-electron chi connectivity index (χ0n) is 12.0. The molecule has 0 aliphatic carbocycles. The van der Waals surface area contributed by atoms with Gasteiger partial charge in [0, 0.05) is 6.07 Å². The molecule has 1 saturated heterocycles. The maximum Gasteiger partial charge on any atom is 0.387 e. The number of ether oxygens (including phenoxy) is 2. The van der Waals surface area contributed by atoms with Gasteiger partial charge in [-0.15, -0.1) is 0 Å². The zero-order valence-corrected chi connectivity index (χ0v) is 12.0. The van der Waals surface area contributed by atoms with Gasteiger partial charge in [-0.1, -0.05) is 6.07 Å². The number of para-hydroxylation sites is 1. The molecule has 0 unspecified atom stereocenters. The van der Waals surface area contributed by atoms with Crippen LogP contribution in [0.5, 0.6) is 5.75 Å². The molecule has 1 heterocycles. The van der Waals surface area contributed by atoms with Crippen molar-refractivity contribution in [2.24, 2.45) is 0 Å². The van der Waals surface area contributed by atoms with Crippen molar-refractivity contribution >= 4 is 11.4 Å². The lowest BCUT2D eigenvalue weighted by Gasteiger charge is -2.39. The minimum Gasteiger partial charge on any atom is -0.454 e. The number of nitro benzene ring substituents is 2. The van der Waals surface area contributed by atoms with Gasteiger partial charge in [0.25, 0.3) is 0 Å². The molecular weight excluding hydrogens is 332 g/mol. The molecule has 5 atom stereocenters. The number of hydrogen-bond acceptors (Lipinski definition) is 10. The lowest BCUT2D eigenvalue weighted by molar-refractivity contribution is -0.423. The fraction of sp³-hybridized carbons (Fsp3) is 0.500. The second-order valence-corrected chi connectivity index (χ2v) is 4.95. The standard InChI is InChI=1S/C12H14N2O10/c15-4-7-9(16)10(17)11(18)12(24-7)23-6-3-1-2-5(13(19)20)8(6)14(21)22/h1-3,7,9-12,15-18H,4H2/t7-,9-,10+,11+,12-/m1/s1. The molecule has 12 heteroatoms. The molecule has 1 aromatic carbocycles.